The average molecular weight is 591 g/mol. The van der Waals surface area contributed by atoms with Crippen molar-refractivity contribution in [1.29, 1.82) is 0 Å². The molecule has 2 aromatic carbocycles. The number of amides is 1. The molecule has 2 atom stereocenters. The van der Waals surface area contributed by atoms with Crippen LogP contribution in [0.25, 0.3) is 0 Å². The Bertz CT molecular complexity index is 1380. The van der Waals surface area contributed by atoms with Crippen LogP contribution in [0.2, 0.25) is 0 Å². The van der Waals surface area contributed by atoms with E-state index in [0.717, 1.165) is 48.7 Å². The zero-order valence-electron chi connectivity index (χ0n) is 21.3. The summed E-state index contributed by atoms with van der Waals surface area (Å²) in [6, 6.07) is 8.64. The van der Waals surface area contributed by atoms with E-state index >= 15 is 0 Å². The first-order valence-corrected chi connectivity index (χ1v) is 12.0. The minimum absolute atomic E-state index is 0.0349. The predicted molar refractivity (Wildman–Crippen MR) is 129 cm³/mol. The van der Waals surface area contributed by atoms with Crippen LogP contribution in [-0.2, 0) is 22.7 Å². The molecule has 5 nitrogen and oxygen atoms in total. The number of halogens is 9. The Labute approximate surface area is 227 Å². The molecule has 1 aromatic heterocycles. The lowest BCUT2D eigenvalue weighted by atomic mass is 9.93. The smallest absolute Gasteiger partial charge is 0.406 e. The fourth-order valence-corrected chi connectivity index (χ4v) is 4.64. The van der Waals surface area contributed by atoms with Gasteiger partial charge in [-0.2, -0.15) is 26.3 Å². The second-order valence-electron chi connectivity index (χ2n) is 9.88. The number of ether oxygens (including phenoxy) is 1. The van der Waals surface area contributed by atoms with Gasteiger partial charge in [-0.1, -0.05) is 18.2 Å². The molecule has 1 amide bonds. The Kier molecular flexibility index (Phi) is 7.76. The quantitative estimate of drug-likeness (QED) is 0.304. The molecular formula is C27H22F9N3O2. The molecule has 1 fully saturated rings. The zero-order valence-corrected chi connectivity index (χ0v) is 21.3. The molecule has 2 heterocycles. The third-order valence-corrected chi connectivity index (χ3v) is 6.57. The van der Waals surface area contributed by atoms with E-state index < -0.39 is 59.3 Å². The van der Waals surface area contributed by atoms with Gasteiger partial charge >= 0.3 is 18.7 Å². The third kappa shape index (κ3) is 6.92. The van der Waals surface area contributed by atoms with Crippen molar-refractivity contribution in [2.75, 3.05) is 4.90 Å². The SMILES string of the molecule is CC(C)(NC1C[C@H](c2cccc(OC(F)(F)F)c2)N(c2ccc(C(F)(F)F)cc2)C1=O)c1ccc(C(F)(F)F)nc1. The number of pyridine rings is 1. The summed E-state index contributed by atoms with van der Waals surface area (Å²) in [5.41, 5.74) is -2.59. The van der Waals surface area contributed by atoms with Crippen LogP contribution in [0.4, 0.5) is 45.2 Å². The van der Waals surface area contributed by atoms with Crippen molar-refractivity contribution in [3.8, 4) is 5.75 Å². The number of nitrogens with zero attached hydrogens (tertiary/aromatic N) is 2. The molecular weight excluding hydrogens is 569 g/mol. The normalized spacial score (nSPS) is 18.6. The molecule has 1 aliphatic heterocycles. The van der Waals surface area contributed by atoms with Gasteiger partial charge in [-0.05, 0) is 73.9 Å². The molecule has 0 spiro atoms. The summed E-state index contributed by atoms with van der Waals surface area (Å²) in [5, 5.41) is 3.06. The number of alkyl halides is 9. The van der Waals surface area contributed by atoms with Crippen LogP contribution in [-0.4, -0.2) is 23.3 Å². The number of hydrogen-bond acceptors (Lipinski definition) is 4. The maximum absolute atomic E-state index is 13.6. The van der Waals surface area contributed by atoms with Gasteiger partial charge in [-0.3, -0.25) is 15.1 Å². The van der Waals surface area contributed by atoms with E-state index in [1.165, 1.54) is 23.1 Å². The number of rotatable bonds is 6. The molecule has 4 rings (SSSR count). The molecule has 0 aliphatic carbocycles. The molecule has 1 unspecified atom stereocenters. The second kappa shape index (κ2) is 10.5. The largest absolute Gasteiger partial charge is 0.573 e. The minimum atomic E-state index is -4.99. The van der Waals surface area contributed by atoms with Gasteiger partial charge in [0.25, 0.3) is 0 Å². The highest BCUT2D eigenvalue weighted by Gasteiger charge is 2.44. The Hall–Kier alpha value is -3.81. The van der Waals surface area contributed by atoms with Gasteiger partial charge in [-0.15, -0.1) is 13.2 Å². The summed E-state index contributed by atoms with van der Waals surface area (Å²) in [5.74, 6) is -1.16. The molecule has 220 valence electrons. The maximum atomic E-state index is 13.6. The predicted octanol–water partition coefficient (Wildman–Crippen LogP) is 7.39. The standard InChI is InChI=1S/C27H22F9N3O2/c1-24(2,17-8-11-22(37-14-17)26(31,32)33)38-20-13-21(15-4-3-5-19(12-15)41-27(34,35)36)39(23(20)40)18-9-6-16(7-10-18)25(28,29)30/h3-12,14,20-21,38H,13H2,1-2H3/t20?,21-/m1/s1. The molecule has 1 saturated heterocycles. The van der Waals surface area contributed by atoms with Crippen molar-refractivity contribution < 1.29 is 49.0 Å². The van der Waals surface area contributed by atoms with Crippen molar-refractivity contribution >= 4 is 11.6 Å². The molecule has 3 aromatic rings. The van der Waals surface area contributed by atoms with Gasteiger partial charge in [0.1, 0.15) is 11.4 Å². The Balaban J connectivity index is 1.68. The molecule has 0 bridgehead atoms. The van der Waals surface area contributed by atoms with E-state index in [-0.39, 0.29) is 17.7 Å². The summed E-state index contributed by atoms with van der Waals surface area (Å²) < 4.78 is 121. The van der Waals surface area contributed by atoms with Gasteiger partial charge in [0.2, 0.25) is 5.91 Å². The van der Waals surface area contributed by atoms with Crippen LogP contribution in [0.3, 0.4) is 0 Å². The lowest BCUT2D eigenvalue weighted by molar-refractivity contribution is -0.274. The Morgan fingerprint density at radius 1 is 0.854 bits per heavy atom. The minimum Gasteiger partial charge on any atom is -0.406 e. The summed E-state index contributed by atoms with van der Waals surface area (Å²) in [4.78, 5) is 18.3. The summed E-state index contributed by atoms with van der Waals surface area (Å²) in [6.45, 7) is 3.19. The monoisotopic (exact) mass is 591 g/mol. The third-order valence-electron chi connectivity index (χ3n) is 6.57. The highest BCUT2D eigenvalue weighted by atomic mass is 19.4. The van der Waals surface area contributed by atoms with Crippen LogP contribution in [0.15, 0.2) is 66.9 Å². The number of aromatic nitrogens is 1. The summed E-state index contributed by atoms with van der Waals surface area (Å²) in [7, 11) is 0. The average Bonchev–Trinajstić information content (AvgIpc) is 3.17. The first kappa shape index (κ1) is 30.2. The van der Waals surface area contributed by atoms with Gasteiger partial charge < -0.3 is 9.64 Å². The van der Waals surface area contributed by atoms with Crippen LogP contribution in [0.5, 0.6) is 5.75 Å². The molecule has 14 heteroatoms. The van der Waals surface area contributed by atoms with Gasteiger partial charge in [-0.25, -0.2) is 0 Å². The number of benzene rings is 2. The van der Waals surface area contributed by atoms with Gasteiger partial charge in [0.15, 0.2) is 0 Å². The van der Waals surface area contributed by atoms with Crippen LogP contribution in [0, 0.1) is 0 Å². The number of anilines is 1. The molecule has 1 aliphatic rings. The number of carbonyl (C=O) groups excluding carboxylic acids is 1. The lowest BCUT2D eigenvalue weighted by Crippen LogP contribution is -2.47. The van der Waals surface area contributed by atoms with Crippen LogP contribution >= 0.6 is 0 Å². The van der Waals surface area contributed by atoms with E-state index in [1.54, 1.807) is 13.8 Å². The maximum Gasteiger partial charge on any atom is 0.573 e. The van der Waals surface area contributed by atoms with E-state index in [4.69, 9.17) is 0 Å². The topological polar surface area (TPSA) is 54.5 Å². The summed E-state index contributed by atoms with van der Waals surface area (Å²) in [6.07, 6.45) is -13.3. The van der Waals surface area contributed by atoms with Crippen molar-refractivity contribution in [2.45, 2.75) is 56.6 Å². The lowest BCUT2D eigenvalue weighted by Gasteiger charge is -2.30. The highest BCUT2D eigenvalue weighted by Crippen LogP contribution is 2.41. The van der Waals surface area contributed by atoms with E-state index in [0.29, 0.717) is 5.56 Å². The zero-order chi connectivity index (χ0) is 30.4. The van der Waals surface area contributed by atoms with Crippen molar-refractivity contribution in [1.82, 2.24) is 10.3 Å². The summed E-state index contributed by atoms with van der Waals surface area (Å²) >= 11 is 0. The van der Waals surface area contributed by atoms with Crippen LogP contribution in [0.1, 0.15) is 48.7 Å². The Morgan fingerprint density at radius 3 is 2.02 bits per heavy atom. The van der Waals surface area contributed by atoms with E-state index in [9.17, 15) is 44.3 Å². The first-order chi connectivity index (χ1) is 18.8. The van der Waals surface area contributed by atoms with E-state index in [2.05, 4.69) is 15.0 Å². The van der Waals surface area contributed by atoms with Crippen LogP contribution < -0.4 is 15.0 Å². The van der Waals surface area contributed by atoms with E-state index in [1.807, 2.05) is 0 Å². The molecule has 0 radical (unpaired) electrons. The molecule has 0 saturated carbocycles. The van der Waals surface area contributed by atoms with Crippen molar-refractivity contribution in [3.05, 3.63) is 89.2 Å². The number of carbonyl (C=O) groups is 1. The molecule has 1 N–H and O–H groups in total. The fraction of sp³-hybridized carbons (Fsp3) is 0.333. The molecule has 41 heavy (non-hydrogen) atoms. The van der Waals surface area contributed by atoms with Crippen molar-refractivity contribution in [3.63, 3.8) is 0 Å². The van der Waals surface area contributed by atoms with Gasteiger partial charge in [0.05, 0.1) is 17.6 Å². The number of nitrogens with one attached hydrogen (secondary N) is 1. The van der Waals surface area contributed by atoms with Crippen molar-refractivity contribution in [2.24, 2.45) is 0 Å². The first-order valence-electron chi connectivity index (χ1n) is 12.0. The highest BCUT2D eigenvalue weighted by molar-refractivity contribution is 6.00. The van der Waals surface area contributed by atoms with Gasteiger partial charge in [0, 0.05) is 17.4 Å². The fourth-order valence-electron chi connectivity index (χ4n) is 4.64. The number of hydrogen-bond donors (Lipinski definition) is 1. The second-order valence-corrected chi connectivity index (χ2v) is 9.88. The Morgan fingerprint density at radius 2 is 1.49 bits per heavy atom.